The third-order valence-corrected chi connectivity index (χ3v) is 5.05. The summed E-state index contributed by atoms with van der Waals surface area (Å²) in [6.07, 6.45) is 3.36. The van der Waals surface area contributed by atoms with Crippen molar-refractivity contribution < 1.29 is 13.9 Å². The van der Waals surface area contributed by atoms with Crippen molar-refractivity contribution in [2.75, 3.05) is 12.4 Å². The van der Waals surface area contributed by atoms with Crippen molar-refractivity contribution in [1.29, 1.82) is 0 Å². The number of fused-ring (bicyclic) bond motifs is 1. The van der Waals surface area contributed by atoms with Crippen LogP contribution in [0.4, 0.5) is 5.69 Å². The molecule has 0 fully saturated rings. The van der Waals surface area contributed by atoms with Crippen LogP contribution in [0.2, 0.25) is 0 Å². The van der Waals surface area contributed by atoms with E-state index in [0.29, 0.717) is 11.4 Å². The summed E-state index contributed by atoms with van der Waals surface area (Å²) in [7, 11) is 1.55. The molecule has 1 N–H and O–H groups in total. The van der Waals surface area contributed by atoms with Crippen molar-refractivity contribution >= 4 is 22.6 Å². The maximum atomic E-state index is 12.7. The van der Waals surface area contributed by atoms with Crippen LogP contribution in [0.15, 0.2) is 41.3 Å². The molecular formula is C21H21N5O3. The number of aromatic nitrogens is 4. The summed E-state index contributed by atoms with van der Waals surface area (Å²) in [6, 6.07) is 7.45. The first-order valence-electron chi connectivity index (χ1n) is 9.16. The van der Waals surface area contributed by atoms with Gasteiger partial charge in [-0.1, -0.05) is 6.07 Å². The van der Waals surface area contributed by atoms with Crippen molar-refractivity contribution in [3.8, 4) is 11.4 Å². The molecule has 0 bridgehead atoms. The van der Waals surface area contributed by atoms with Gasteiger partial charge in [0.1, 0.15) is 17.7 Å². The number of tetrazole rings is 1. The zero-order chi connectivity index (χ0) is 20.5. The standard InChI is InChI=1S/C21H21N5O3/c1-12-7-13(2)20-15(10-29-21(20)14(12)3)8-19(27)23-17-6-5-16(9-18(17)28-4)26-11-22-24-25-26/h5-7,9-11H,8H2,1-4H3,(H,23,27). The molecular weight excluding hydrogens is 370 g/mol. The highest BCUT2D eigenvalue weighted by atomic mass is 16.5. The van der Waals surface area contributed by atoms with Crippen LogP contribution in [0, 0.1) is 20.8 Å². The molecule has 0 radical (unpaired) electrons. The van der Waals surface area contributed by atoms with Gasteiger partial charge in [0.25, 0.3) is 0 Å². The lowest BCUT2D eigenvalue weighted by atomic mass is 9.99. The minimum absolute atomic E-state index is 0.154. The van der Waals surface area contributed by atoms with Crippen LogP contribution in [-0.4, -0.2) is 33.2 Å². The number of carbonyl (C=O) groups is 1. The Hall–Kier alpha value is -3.68. The largest absolute Gasteiger partial charge is 0.494 e. The van der Waals surface area contributed by atoms with Gasteiger partial charge in [0.15, 0.2) is 0 Å². The summed E-state index contributed by atoms with van der Waals surface area (Å²) < 4.78 is 12.7. The number of aryl methyl sites for hydroxylation is 3. The van der Waals surface area contributed by atoms with Gasteiger partial charge >= 0.3 is 0 Å². The lowest BCUT2D eigenvalue weighted by Gasteiger charge is -2.12. The van der Waals surface area contributed by atoms with E-state index >= 15 is 0 Å². The van der Waals surface area contributed by atoms with Gasteiger partial charge in [0, 0.05) is 17.0 Å². The third-order valence-electron chi connectivity index (χ3n) is 5.05. The fourth-order valence-electron chi connectivity index (χ4n) is 3.49. The molecule has 0 aliphatic heterocycles. The van der Waals surface area contributed by atoms with Crippen molar-refractivity contribution in [1.82, 2.24) is 20.2 Å². The minimum atomic E-state index is -0.154. The Labute approximate surface area is 167 Å². The van der Waals surface area contributed by atoms with Gasteiger partial charge in [-0.15, -0.1) is 5.10 Å². The Kier molecular flexibility index (Phi) is 4.75. The van der Waals surface area contributed by atoms with Gasteiger partial charge in [-0.05, 0) is 60.0 Å². The lowest BCUT2D eigenvalue weighted by Crippen LogP contribution is -2.15. The van der Waals surface area contributed by atoms with Gasteiger partial charge in [-0.3, -0.25) is 4.79 Å². The van der Waals surface area contributed by atoms with Crippen LogP contribution in [0.5, 0.6) is 5.75 Å². The maximum Gasteiger partial charge on any atom is 0.229 e. The number of nitrogens with zero attached hydrogens (tertiary/aromatic N) is 4. The van der Waals surface area contributed by atoms with Gasteiger partial charge < -0.3 is 14.5 Å². The molecule has 0 spiro atoms. The maximum absolute atomic E-state index is 12.7. The Morgan fingerprint density at radius 2 is 2.03 bits per heavy atom. The summed E-state index contributed by atoms with van der Waals surface area (Å²) in [5.41, 5.74) is 6.38. The highest BCUT2D eigenvalue weighted by molar-refractivity contribution is 5.97. The molecule has 0 aliphatic rings. The molecule has 2 aromatic heterocycles. The first kappa shape index (κ1) is 18.7. The number of rotatable bonds is 5. The molecule has 4 aromatic rings. The number of carbonyl (C=O) groups excluding carboxylic acids is 1. The highest BCUT2D eigenvalue weighted by Gasteiger charge is 2.16. The number of hydrogen-bond acceptors (Lipinski definition) is 6. The minimum Gasteiger partial charge on any atom is -0.494 e. The van der Waals surface area contributed by atoms with Gasteiger partial charge in [0.2, 0.25) is 5.91 Å². The molecule has 148 valence electrons. The van der Waals surface area contributed by atoms with E-state index in [-0.39, 0.29) is 12.3 Å². The Balaban J connectivity index is 1.58. The van der Waals surface area contributed by atoms with Crippen LogP contribution >= 0.6 is 0 Å². The summed E-state index contributed by atoms with van der Waals surface area (Å²) in [5, 5.41) is 15.0. The van der Waals surface area contributed by atoms with Crippen LogP contribution in [0.25, 0.3) is 16.7 Å². The summed E-state index contributed by atoms with van der Waals surface area (Å²) in [4.78, 5) is 12.7. The predicted octanol–water partition coefficient (Wildman–Crippen LogP) is 3.52. The van der Waals surface area contributed by atoms with E-state index in [2.05, 4.69) is 33.8 Å². The third kappa shape index (κ3) is 3.44. The molecule has 0 saturated carbocycles. The van der Waals surface area contributed by atoms with Crippen molar-refractivity contribution in [2.24, 2.45) is 0 Å². The first-order valence-corrected chi connectivity index (χ1v) is 9.16. The van der Waals surface area contributed by atoms with E-state index in [9.17, 15) is 4.79 Å². The zero-order valence-corrected chi connectivity index (χ0v) is 16.7. The molecule has 0 unspecified atom stereocenters. The van der Waals surface area contributed by atoms with Gasteiger partial charge in [-0.25, -0.2) is 4.68 Å². The molecule has 4 rings (SSSR count). The van der Waals surface area contributed by atoms with Crippen LogP contribution in [-0.2, 0) is 11.2 Å². The monoisotopic (exact) mass is 391 g/mol. The second-order valence-electron chi connectivity index (χ2n) is 6.96. The first-order chi connectivity index (χ1) is 14.0. The van der Waals surface area contributed by atoms with Gasteiger partial charge in [-0.2, -0.15) is 0 Å². The number of anilines is 1. The molecule has 2 heterocycles. The predicted molar refractivity (Wildman–Crippen MR) is 108 cm³/mol. The molecule has 0 saturated heterocycles. The van der Waals surface area contributed by atoms with Crippen LogP contribution in [0.1, 0.15) is 22.3 Å². The molecule has 29 heavy (non-hydrogen) atoms. The zero-order valence-electron chi connectivity index (χ0n) is 16.7. The van der Waals surface area contributed by atoms with Crippen molar-refractivity contribution in [3.63, 3.8) is 0 Å². The highest BCUT2D eigenvalue weighted by Crippen LogP contribution is 2.31. The van der Waals surface area contributed by atoms with Crippen molar-refractivity contribution in [2.45, 2.75) is 27.2 Å². The van der Waals surface area contributed by atoms with E-state index in [0.717, 1.165) is 33.3 Å². The average Bonchev–Trinajstić information content (AvgIpc) is 3.37. The number of methoxy groups -OCH3 is 1. The summed E-state index contributed by atoms with van der Waals surface area (Å²) >= 11 is 0. The van der Waals surface area contributed by atoms with E-state index in [1.165, 1.54) is 16.6 Å². The number of nitrogens with one attached hydrogen (secondary N) is 1. The molecule has 0 aliphatic carbocycles. The van der Waals surface area contributed by atoms with E-state index < -0.39 is 0 Å². The Morgan fingerprint density at radius 3 is 2.76 bits per heavy atom. The number of amides is 1. The van der Waals surface area contributed by atoms with E-state index in [4.69, 9.17) is 9.15 Å². The van der Waals surface area contributed by atoms with Crippen LogP contribution < -0.4 is 10.1 Å². The lowest BCUT2D eigenvalue weighted by molar-refractivity contribution is -0.115. The fourth-order valence-corrected chi connectivity index (χ4v) is 3.49. The topological polar surface area (TPSA) is 95.1 Å². The Morgan fingerprint density at radius 1 is 1.21 bits per heavy atom. The number of hydrogen-bond donors (Lipinski definition) is 1. The Bertz CT molecular complexity index is 1190. The second kappa shape index (κ2) is 7.38. The number of benzene rings is 2. The van der Waals surface area contributed by atoms with E-state index in [1.807, 2.05) is 13.8 Å². The SMILES string of the molecule is COc1cc(-n2cnnn2)ccc1NC(=O)Cc1coc2c(C)c(C)cc(C)c12. The van der Waals surface area contributed by atoms with E-state index in [1.54, 1.807) is 31.6 Å². The second-order valence-corrected chi connectivity index (χ2v) is 6.96. The van der Waals surface area contributed by atoms with Crippen LogP contribution in [0.3, 0.4) is 0 Å². The quantitative estimate of drug-likeness (QED) is 0.559. The molecule has 8 heteroatoms. The smallest absolute Gasteiger partial charge is 0.229 e. The molecule has 1 amide bonds. The van der Waals surface area contributed by atoms with Gasteiger partial charge in [0.05, 0.1) is 31.2 Å². The normalized spacial score (nSPS) is 11.0. The number of furan rings is 1. The average molecular weight is 391 g/mol. The molecule has 0 atom stereocenters. The molecule has 8 nitrogen and oxygen atoms in total. The fraction of sp³-hybridized carbons (Fsp3) is 0.238. The number of ether oxygens (including phenoxy) is 1. The molecule has 2 aromatic carbocycles. The van der Waals surface area contributed by atoms with Crippen molar-refractivity contribution in [3.05, 3.63) is 59.1 Å². The summed E-state index contributed by atoms with van der Waals surface area (Å²) in [5.74, 6) is 0.366. The summed E-state index contributed by atoms with van der Waals surface area (Å²) in [6.45, 7) is 6.12.